The SMILES string of the molecule is Cc1nc(C)c(C#N)c(SC2CCCCC2O)n1. The maximum Gasteiger partial charge on any atom is 0.126 e. The molecule has 1 heterocycles. The molecule has 1 aromatic heterocycles. The second kappa shape index (κ2) is 5.68. The Morgan fingerprint density at radius 3 is 2.67 bits per heavy atom. The number of hydrogen-bond donors (Lipinski definition) is 1. The van der Waals surface area contributed by atoms with Crippen molar-refractivity contribution in [3.63, 3.8) is 0 Å². The molecular formula is C13H17N3OS. The average Bonchev–Trinajstić information content (AvgIpc) is 2.31. The smallest absolute Gasteiger partial charge is 0.126 e. The Labute approximate surface area is 111 Å². The molecule has 1 fully saturated rings. The molecule has 0 saturated heterocycles. The van der Waals surface area contributed by atoms with Gasteiger partial charge in [-0.25, -0.2) is 9.97 Å². The van der Waals surface area contributed by atoms with E-state index in [0.29, 0.717) is 16.4 Å². The fourth-order valence-electron chi connectivity index (χ4n) is 2.25. The maximum atomic E-state index is 9.99. The number of aliphatic hydroxyl groups excluding tert-OH is 1. The summed E-state index contributed by atoms with van der Waals surface area (Å²) in [6.07, 6.45) is 3.78. The van der Waals surface area contributed by atoms with Gasteiger partial charge in [-0.15, -0.1) is 0 Å². The standard InChI is InChI=1S/C13H17N3OS/c1-8-10(7-14)13(16-9(2)15-8)18-12-6-4-3-5-11(12)17/h11-12,17H,3-6H2,1-2H3. The van der Waals surface area contributed by atoms with Crippen molar-refractivity contribution in [1.29, 1.82) is 5.26 Å². The summed E-state index contributed by atoms with van der Waals surface area (Å²) in [6.45, 7) is 3.66. The summed E-state index contributed by atoms with van der Waals surface area (Å²) >= 11 is 1.53. The van der Waals surface area contributed by atoms with E-state index in [4.69, 9.17) is 0 Å². The van der Waals surface area contributed by atoms with Gasteiger partial charge in [-0.3, -0.25) is 0 Å². The summed E-state index contributed by atoms with van der Waals surface area (Å²) in [5.41, 5.74) is 1.26. The van der Waals surface area contributed by atoms with Crippen LogP contribution in [0.5, 0.6) is 0 Å². The summed E-state index contributed by atoms with van der Waals surface area (Å²) < 4.78 is 0. The number of hydrogen-bond acceptors (Lipinski definition) is 5. The highest BCUT2D eigenvalue weighted by Gasteiger charge is 2.26. The number of nitrogens with zero attached hydrogens (tertiary/aromatic N) is 3. The molecule has 1 saturated carbocycles. The van der Waals surface area contributed by atoms with Gasteiger partial charge in [0, 0.05) is 5.25 Å². The third-order valence-electron chi connectivity index (χ3n) is 3.21. The van der Waals surface area contributed by atoms with Crippen molar-refractivity contribution in [1.82, 2.24) is 9.97 Å². The van der Waals surface area contributed by atoms with E-state index >= 15 is 0 Å². The molecule has 96 valence electrons. The minimum Gasteiger partial charge on any atom is -0.392 e. The number of aromatic nitrogens is 2. The molecule has 18 heavy (non-hydrogen) atoms. The third kappa shape index (κ3) is 2.82. The van der Waals surface area contributed by atoms with Crippen molar-refractivity contribution in [2.45, 2.75) is 55.9 Å². The van der Waals surface area contributed by atoms with Crippen LogP contribution in [-0.4, -0.2) is 26.4 Å². The Hall–Kier alpha value is -1.12. The lowest BCUT2D eigenvalue weighted by Crippen LogP contribution is -2.27. The van der Waals surface area contributed by atoms with Crippen LogP contribution in [0, 0.1) is 25.2 Å². The lowest BCUT2D eigenvalue weighted by atomic mass is 9.97. The van der Waals surface area contributed by atoms with Crippen LogP contribution in [0.25, 0.3) is 0 Å². The summed E-state index contributed by atoms with van der Waals surface area (Å²) in [6, 6.07) is 2.17. The first-order valence-electron chi connectivity index (χ1n) is 6.22. The molecule has 0 aromatic carbocycles. The molecule has 1 N–H and O–H groups in total. The van der Waals surface area contributed by atoms with Crippen LogP contribution in [0.15, 0.2) is 5.03 Å². The highest BCUT2D eigenvalue weighted by molar-refractivity contribution is 8.00. The zero-order valence-electron chi connectivity index (χ0n) is 10.7. The molecule has 0 spiro atoms. The van der Waals surface area contributed by atoms with E-state index in [1.807, 2.05) is 13.8 Å². The third-order valence-corrected chi connectivity index (χ3v) is 4.58. The van der Waals surface area contributed by atoms with Crippen LogP contribution in [0.4, 0.5) is 0 Å². The Balaban J connectivity index is 2.25. The number of aryl methyl sites for hydroxylation is 2. The van der Waals surface area contributed by atoms with Gasteiger partial charge in [0.15, 0.2) is 0 Å². The van der Waals surface area contributed by atoms with E-state index in [0.717, 1.165) is 31.4 Å². The van der Waals surface area contributed by atoms with Crippen LogP contribution < -0.4 is 0 Å². The predicted octanol–water partition coefficient (Wildman–Crippen LogP) is 2.36. The molecule has 4 nitrogen and oxygen atoms in total. The van der Waals surface area contributed by atoms with E-state index in [2.05, 4.69) is 16.0 Å². The lowest BCUT2D eigenvalue weighted by molar-refractivity contribution is 0.137. The van der Waals surface area contributed by atoms with E-state index in [1.54, 1.807) is 0 Å². The first-order valence-corrected chi connectivity index (χ1v) is 7.10. The molecule has 0 amide bonds. The molecule has 1 aliphatic carbocycles. The predicted molar refractivity (Wildman–Crippen MR) is 70.3 cm³/mol. The average molecular weight is 263 g/mol. The number of rotatable bonds is 2. The van der Waals surface area contributed by atoms with Gasteiger partial charge in [-0.2, -0.15) is 5.26 Å². The largest absolute Gasteiger partial charge is 0.392 e. The normalized spacial score (nSPS) is 23.7. The number of thioether (sulfide) groups is 1. The van der Waals surface area contributed by atoms with Crippen LogP contribution in [0.2, 0.25) is 0 Å². The van der Waals surface area contributed by atoms with E-state index in [1.165, 1.54) is 11.8 Å². The van der Waals surface area contributed by atoms with Crippen molar-refractivity contribution in [2.24, 2.45) is 0 Å². The van der Waals surface area contributed by atoms with Crippen molar-refractivity contribution in [3.8, 4) is 6.07 Å². The Morgan fingerprint density at radius 1 is 1.28 bits per heavy atom. The molecule has 0 radical (unpaired) electrons. The fourth-order valence-corrected chi connectivity index (χ4v) is 3.61. The minimum absolute atomic E-state index is 0.152. The van der Waals surface area contributed by atoms with Crippen molar-refractivity contribution < 1.29 is 5.11 Å². The molecular weight excluding hydrogens is 246 g/mol. The van der Waals surface area contributed by atoms with Crippen LogP contribution in [0.1, 0.15) is 42.8 Å². The number of aliphatic hydroxyl groups is 1. The molecule has 0 aliphatic heterocycles. The van der Waals surface area contributed by atoms with Gasteiger partial charge in [-0.1, -0.05) is 24.6 Å². The minimum atomic E-state index is -0.286. The molecule has 2 unspecified atom stereocenters. The van der Waals surface area contributed by atoms with Crippen molar-refractivity contribution in [2.75, 3.05) is 0 Å². The Morgan fingerprint density at radius 2 is 2.00 bits per heavy atom. The zero-order valence-corrected chi connectivity index (χ0v) is 11.5. The monoisotopic (exact) mass is 263 g/mol. The Bertz CT molecular complexity index is 484. The molecule has 1 aromatic rings. The maximum absolute atomic E-state index is 9.99. The molecule has 0 bridgehead atoms. The topological polar surface area (TPSA) is 69.8 Å². The Kier molecular flexibility index (Phi) is 4.20. The summed E-state index contributed by atoms with van der Waals surface area (Å²) in [5.74, 6) is 0.680. The van der Waals surface area contributed by atoms with E-state index in [9.17, 15) is 10.4 Å². The quantitative estimate of drug-likeness (QED) is 0.829. The first-order chi connectivity index (χ1) is 8.61. The van der Waals surface area contributed by atoms with Gasteiger partial charge in [0.1, 0.15) is 22.5 Å². The molecule has 5 heteroatoms. The highest BCUT2D eigenvalue weighted by atomic mass is 32.2. The zero-order chi connectivity index (χ0) is 13.1. The van der Waals surface area contributed by atoms with Crippen molar-refractivity contribution >= 4 is 11.8 Å². The van der Waals surface area contributed by atoms with Crippen LogP contribution in [-0.2, 0) is 0 Å². The second-order valence-electron chi connectivity index (χ2n) is 4.66. The first kappa shape index (κ1) is 13.3. The van der Waals surface area contributed by atoms with Gasteiger partial charge in [0.25, 0.3) is 0 Å². The van der Waals surface area contributed by atoms with E-state index in [-0.39, 0.29) is 11.4 Å². The molecule has 1 aliphatic rings. The summed E-state index contributed by atoms with van der Waals surface area (Å²) in [7, 11) is 0. The van der Waals surface area contributed by atoms with E-state index < -0.39 is 0 Å². The fraction of sp³-hybridized carbons (Fsp3) is 0.615. The lowest BCUT2D eigenvalue weighted by Gasteiger charge is -2.26. The van der Waals surface area contributed by atoms with Gasteiger partial charge in [0.2, 0.25) is 0 Å². The van der Waals surface area contributed by atoms with Crippen molar-refractivity contribution in [3.05, 3.63) is 17.1 Å². The highest BCUT2D eigenvalue weighted by Crippen LogP contribution is 2.34. The molecule has 2 atom stereocenters. The van der Waals surface area contributed by atoms with Crippen LogP contribution >= 0.6 is 11.8 Å². The second-order valence-corrected chi connectivity index (χ2v) is 5.88. The summed E-state index contributed by atoms with van der Waals surface area (Å²) in [4.78, 5) is 8.56. The number of nitriles is 1. The van der Waals surface area contributed by atoms with Gasteiger partial charge < -0.3 is 5.11 Å². The van der Waals surface area contributed by atoms with Gasteiger partial charge >= 0.3 is 0 Å². The van der Waals surface area contributed by atoms with Gasteiger partial charge in [0.05, 0.1) is 11.8 Å². The van der Waals surface area contributed by atoms with Crippen LogP contribution in [0.3, 0.4) is 0 Å². The molecule has 2 rings (SSSR count). The van der Waals surface area contributed by atoms with Gasteiger partial charge in [-0.05, 0) is 26.7 Å². The summed E-state index contributed by atoms with van der Waals surface area (Å²) in [5, 5.41) is 20.0.